The molecule has 0 unspecified atom stereocenters. The first-order valence-corrected chi connectivity index (χ1v) is 13.5. The first kappa shape index (κ1) is 29.5. The fraction of sp³-hybridized carbons (Fsp3) is 0.414. The molecule has 1 aliphatic heterocycles. The summed E-state index contributed by atoms with van der Waals surface area (Å²) in [6, 6.07) is 15.4. The average Bonchev–Trinajstić information content (AvgIpc) is 2.87. The van der Waals surface area contributed by atoms with Crippen molar-refractivity contribution in [3.05, 3.63) is 87.7 Å². The molecule has 5 nitrogen and oxygen atoms in total. The van der Waals surface area contributed by atoms with Crippen LogP contribution in [0.15, 0.2) is 60.8 Å². The fourth-order valence-corrected chi connectivity index (χ4v) is 5.13. The van der Waals surface area contributed by atoms with Crippen molar-refractivity contribution in [2.75, 3.05) is 37.7 Å². The Morgan fingerprint density at radius 3 is 2.36 bits per heavy atom. The number of piperazine rings is 1. The van der Waals surface area contributed by atoms with Gasteiger partial charge in [0.25, 0.3) is 0 Å². The van der Waals surface area contributed by atoms with Crippen molar-refractivity contribution in [3.63, 3.8) is 0 Å². The lowest BCUT2D eigenvalue weighted by atomic mass is 9.94. The summed E-state index contributed by atoms with van der Waals surface area (Å²) in [5.74, 6) is 1.10. The zero-order valence-electron chi connectivity index (χ0n) is 22.1. The van der Waals surface area contributed by atoms with Gasteiger partial charge in [-0.25, -0.2) is 0 Å². The number of aromatic nitrogens is 1. The normalized spacial score (nSPS) is 18.3. The minimum Gasteiger partial charge on any atom is -0.493 e. The van der Waals surface area contributed by atoms with Gasteiger partial charge >= 0.3 is 6.18 Å². The molecule has 2 aromatic carbocycles. The fourth-order valence-electron chi connectivity index (χ4n) is 4.72. The van der Waals surface area contributed by atoms with Gasteiger partial charge < -0.3 is 14.7 Å². The smallest absolute Gasteiger partial charge is 0.433 e. The summed E-state index contributed by atoms with van der Waals surface area (Å²) in [6.45, 7) is 8.33. The van der Waals surface area contributed by atoms with Crippen molar-refractivity contribution in [3.8, 4) is 5.75 Å². The van der Waals surface area contributed by atoms with E-state index in [0.717, 1.165) is 23.5 Å². The van der Waals surface area contributed by atoms with Gasteiger partial charge in [0, 0.05) is 49.0 Å². The zero-order chi connectivity index (χ0) is 28.4. The van der Waals surface area contributed by atoms with Crippen molar-refractivity contribution >= 4 is 28.9 Å². The predicted octanol–water partition coefficient (Wildman–Crippen LogP) is 7.21. The molecular weight excluding hydrogens is 550 g/mol. The lowest BCUT2D eigenvalue weighted by molar-refractivity contribution is -0.141. The molecule has 0 aliphatic carbocycles. The third kappa shape index (κ3) is 7.37. The molecule has 1 N–H and O–H groups in total. The maximum atomic E-state index is 13.0. The van der Waals surface area contributed by atoms with Gasteiger partial charge in [0.2, 0.25) is 0 Å². The van der Waals surface area contributed by atoms with Crippen LogP contribution < -0.4 is 9.64 Å². The van der Waals surface area contributed by atoms with E-state index in [1.807, 2.05) is 42.5 Å². The van der Waals surface area contributed by atoms with Crippen molar-refractivity contribution < 1.29 is 23.0 Å². The number of β-amino-alcohol motifs (C(OH)–C–C–N with tert-alkyl or cyclic N) is 1. The molecule has 3 aromatic rings. The molecule has 1 fully saturated rings. The van der Waals surface area contributed by atoms with E-state index in [1.54, 1.807) is 6.92 Å². The van der Waals surface area contributed by atoms with Gasteiger partial charge in [0.05, 0.1) is 23.4 Å². The van der Waals surface area contributed by atoms with Crippen molar-refractivity contribution in [2.45, 2.75) is 38.6 Å². The molecule has 210 valence electrons. The number of pyridine rings is 1. The SMILES string of the molecule is CC(C)COc1ccc(N2CCN(C[C@@](C)(O)c3ccc(C(F)(F)F)nc3)C[C@H]2c2ccc(Cl)cc2)c(Cl)c1. The van der Waals surface area contributed by atoms with Gasteiger partial charge in [-0.15, -0.1) is 0 Å². The highest BCUT2D eigenvalue weighted by Gasteiger charge is 2.36. The molecule has 1 saturated heterocycles. The Hall–Kier alpha value is -2.52. The average molecular weight is 582 g/mol. The van der Waals surface area contributed by atoms with Gasteiger partial charge in [0.1, 0.15) is 17.0 Å². The quantitative estimate of drug-likeness (QED) is 0.304. The van der Waals surface area contributed by atoms with Gasteiger partial charge in [-0.05, 0) is 48.7 Å². The number of ether oxygens (including phenoxy) is 1. The first-order valence-electron chi connectivity index (χ1n) is 12.8. The van der Waals surface area contributed by atoms with E-state index in [-0.39, 0.29) is 12.6 Å². The zero-order valence-corrected chi connectivity index (χ0v) is 23.6. The van der Waals surface area contributed by atoms with Crippen molar-refractivity contribution in [1.82, 2.24) is 9.88 Å². The lowest BCUT2D eigenvalue weighted by Crippen LogP contribution is -2.52. The summed E-state index contributed by atoms with van der Waals surface area (Å²) in [6.07, 6.45) is -3.44. The monoisotopic (exact) mass is 581 g/mol. The molecule has 1 aliphatic rings. The van der Waals surface area contributed by atoms with Crippen LogP contribution in [-0.2, 0) is 11.8 Å². The maximum Gasteiger partial charge on any atom is 0.433 e. The summed E-state index contributed by atoms with van der Waals surface area (Å²) in [5.41, 5.74) is -0.184. The Balaban J connectivity index is 1.56. The highest BCUT2D eigenvalue weighted by molar-refractivity contribution is 6.33. The lowest BCUT2D eigenvalue weighted by Gasteiger charge is -2.45. The van der Waals surface area contributed by atoms with Crippen LogP contribution in [0.5, 0.6) is 5.75 Å². The van der Waals surface area contributed by atoms with Crippen LogP contribution in [0.2, 0.25) is 10.0 Å². The molecule has 0 radical (unpaired) electrons. The summed E-state index contributed by atoms with van der Waals surface area (Å²) in [4.78, 5) is 7.85. The third-order valence-electron chi connectivity index (χ3n) is 6.74. The van der Waals surface area contributed by atoms with Crippen LogP contribution in [0, 0.1) is 5.92 Å². The van der Waals surface area contributed by atoms with E-state index in [4.69, 9.17) is 27.9 Å². The van der Waals surface area contributed by atoms with Crippen LogP contribution >= 0.6 is 23.2 Å². The predicted molar refractivity (Wildman–Crippen MR) is 149 cm³/mol. The molecule has 2 heterocycles. The minimum absolute atomic E-state index is 0.113. The number of aliphatic hydroxyl groups is 1. The number of alkyl halides is 3. The summed E-state index contributed by atoms with van der Waals surface area (Å²) < 4.78 is 44.7. The Morgan fingerprint density at radius 2 is 1.77 bits per heavy atom. The highest BCUT2D eigenvalue weighted by atomic mass is 35.5. The van der Waals surface area contributed by atoms with E-state index in [2.05, 4.69) is 28.6 Å². The van der Waals surface area contributed by atoms with Crippen molar-refractivity contribution in [2.24, 2.45) is 5.92 Å². The molecule has 1 aromatic heterocycles. The molecule has 2 atom stereocenters. The van der Waals surface area contributed by atoms with E-state index >= 15 is 0 Å². The maximum absolute atomic E-state index is 13.0. The minimum atomic E-state index is -4.54. The molecule has 10 heteroatoms. The third-order valence-corrected chi connectivity index (χ3v) is 7.29. The van der Waals surface area contributed by atoms with E-state index in [9.17, 15) is 18.3 Å². The molecule has 0 spiro atoms. The number of rotatable bonds is 8. The highest BCUT2D eigenvalue weighted by Crippen LogP contribution is 2.38. The Bertz CT molecular complexity index is 1250. The molecule has 0 amide bonds. The Labute approximate surface area is 237 Å². The van der Waals surface area contributed by atoms with Gasteiger partial charge in [-0.3, -0.25) is 9.88 Å². The number of hydrogen-bond donors (Lipinski definition) is 1. The summed E-state index contributed by atoms with van der Waals surface area (Å²) in [5, 5.41) is 12.4. The van der Waals surface area contributed by atoms with Gasteiger partial charge in [-0.2, -0.15) is 13.2 Å². The van der Waals surface area contributed by atoms with E-state index < -0.39 is 17.5 Å². The van der Waals surface area contributed by atoms with Crippen LogP contribution in [0.1, 0.15) is 43.6 Å². The van der Waals surface area contributed by atoms with E-state index in [1.165, 1.54) is 6.07 Å². The standard InChI is InChI=1S/C29H32Cl2F3N3O2/c1-19(2)17-39-23-9-10-25(24(31)14-23)37-13-12-36(16-26(37)20-4-7-22(30)8-5-20)18-28(3,38)21-6-11-27(35-15-21)29(32,33)34/h4-11,14-15,19,26,38H,12-13,16-18H2,1-3H3/t26-,28+/m0/s1. The summed E-state index contributed by atoms with van der Waals surface area (Å²) in [7, 11) is 0. The van der Waals surface area contributed by atoms with Crippen LogP contribution in [-0.4, -0.2) is 47.8 Å². The second-order valence-electron chi connectivity index (χ2n) is 10.5. The number of nitrogens with zero attached hydrogens (tertiary/aromatic N) is 3. The van der Waals surface area contributed by atoms with Crippen LogP contribution in [0.3, 0.4) is 0 Å². The van der Waals surface area contributed by atoms with Crippen LogP contribution in [0.4, 0.5) is 18.9 Å². The number of halogens is 5. The molecule has 4 rings (SSSR count). The van der Waals surface area contributed by atoms with Crippen molar-refractivity contribution in [1.29, 1.82) is 0 Å². The van der Waals surface area contributed by atoms with Gasteiger partial charge in [-0.1, -0.05) is 55.2 Å². The van der Waals surface area contributed by atoms with E-state index in [0.29, 0.717) is 53.5 Å². The second kappa shape index (κ2) is 11.9. The first-order chi connectivity index (χ1) is 18.3. The Morgan fingerprint density at radius 1 is 1.05 bits per heavy atom. The second-order valence-corrected chi connectivity index (χ2v) is 11.4. The molecule has 0 saturated carbocycles. The largest absolute Gasteiger partial charge is 0.493 e. The summed E-state index contributed by atoms with van der Waals surface area (Å²) >= 11 is 12.9. The number of anilines is 1. The number of hydrogen-bond acceptors (Lipinski definition) is 5. The molecular formula is C29H32Cl2F3N3O2. The molecule has 39 heavy (non-hydrogen) atoms. The topological polar surface area (TPSA) is 48.8 Å². The Kier molecular flexibility index (Phi) is 9.01. The van der Waals surface area contributed by atoms with Gasteiger partial charge in [0.15, 0.2) is 0 Å². The number of benzene rings is 2. The van der Waals surface area contributed by atoms with Crippen LogP contribution in [0.25, 0.3) is 0 Å². The molecule has 0 bridgehead atoms.